The summed E-state index contributed by atoms with van der Waals surface area (Å²) in [5, 5.41) is 56.9. The zero-order valence-corrected chi connectivity index (χ0v) is 48.6. The van der Waals surface area contributed by atoms with Gasteiger partial charge in [-0.2, -0.15) is 0 Å². The maximum Gasteiger partial charge on any atom is 0.306 e. The number of ether oxygens (including phenoxy) is 3. The summed E-state index contributed by atoms with van der Waals surface area (Å²) in [5.74, 6) is -1.22. The first-order chi connectivity index (χ1) is 37.2. The fourth-order valence-corrected chi connectivity index (χ4v) is 9.40. The van der Waals surface area contributed by atoms with Crippen molar-refractivity contribution in [2.45, 2.75) is 314 Å². The third kappa shape index (κ3) is 40.3. The molecule has 1 fully saturated rings. The molecule has 6 N–H and O–H groups in total. The molecule has 1 heterocycles. The normalized spacial score (nSPS) is 19.6. The highest BCUT2D eigenvalue weighted by Gasteiger charge is 2.47. The van der Waals surface area contributed by atoms with Crippen LogP contribution in [-0.2, 0) is 23.8 Å². The Morgan fingerprint density at radius 2 is 0.947 bits per heavy atom. The summed E-state index contributed by atoms with van der Waals surface area (Å²) in [4.78, 5) is 26.5. The molecule has 0 bridgehead atoms. The Morgan fingerprint density at radius 3 is 1.45 bits per heavy atom. The third-order valence-corrected chi connectivity index (χ3v) is 14.3. The highest BCUT2D eigenvalue weighted by Crippen LogP contribution is 2.26. The topological polar surface area (TPSA) is 175 Å². The number of carbonyl (C=O) groups excluding carboxylic acids is 2. The Kier molecular flexibility index (Phi) is 49.4. The second kappa shape index (κ2) is 52.8. The smallest absolute Gasteiger partial charge is 0.306 e. The molecular formula is C65H115NO10. The Labute approximate surface area is 464 Å². The van der Waals surface area contributed by atoms with Crippen molar-refractivity contribution in [3.63, 3.8) is 0 Å². The van der Waals surface area contributed by atoms with Gasteiger partial charge in [-0.1, -0.05) is 241 Å². The van der Waals surface area contributed by atoms with E-state index in [1.165, 1.54) is 135 Å². The van der Waals surface area contributed by atoms with Gasteiger partial charge in [-0.3, -0.25) is 9.59 Å². The van der Waals surface area contributed by atoms with E-state index in [2.05, 4.69) is 86.8 Å². The number of rotatable bonds is 52. The summed E-state index contributed by atoms with van der Waals surface area (Å²) >= 11 is 0. The first-order valence-electron chi connectivity index (χ1n) is 31.2. The van der Waals surface area contributed by atoms with Gasteiger partial charge in [0.2, 0.25) is 5.91 Å². The minimum Gasteiger partial charge on any atom is -0.454 e. The monoisotopic (exact) mass is 1070 g/mol. The average molecular weight is 1070 g/mol. The summed E-state index contributed by atoms with van der Waals surface area (Å²) in [5.41, 5.74) is 0. The van der Waals surface area contributed by atoms with Gasteiger partial charge in [-0.05, 0) is 89.9 Å². The van der Waals surface area contributed by atoms with Crippen LogP contribution in [0.3, 0.4) is 0 Å². The van der Waals surface area contributed by atoms with Gasteiger partial charge >= 0.3 is 5.97 Å². The van der Waals surface area contributed by atoms with Crippen molar-refractivity contribution in [3.8, 4) is 0 Å². The summed E-state index contributed by atoms with van der Waals surface area (Å²) in [7, 11) is 0. The van der Waals surface area contributed by atoms with Gasteiger partial charge < -0.3 is 45.1 Å². The van der Waals surface area contributed by atoms with Crippen LogP contribution in [0.15, 0.2) is 72.9 Å². The molecule has 0 aromatic heterocycles. The van der Waals surface area contributed by atoms with Crippen molar-refractivity contribution in [2.24, 2.45) is 0 Å². The minimum absolute atomic E-state index is 0.118. The van der Waals surface area contributed by atoms with Crippen LogP contribution < -0.4 is 5.32 Å². The molecule has 1 saturated heterocycles. The van der Waals surface area contributed by atoms with Gasteiger partial charge in [-0.25, -0.2) is 0 Å². The second-order valence-corrected chi connectivity index (χ2v) is 21.4. The number of aliphatic hydroxyl groups is 5. The van der Waals surface area contributed by atoms with Crippen LogP contribution >= 0.6 is 0 Å². The largest absolute Gasteiger partial charge is 0.454 e. The molecule has 1 rings (SSSR count). The Balaban J connectivity index is 2.61. The van der Waals surface area contributed by atoms with Crippen molar-refractivity contribution in [3.05, 3.63) is 72.9 Å². The first kappa shape index (κ1) is 71.1. The van der Waals surface area contributed by atoms with Crippen molar-refractivity contribution < 1.29 is 49.3 Å². The number of unbranched alkanes of at least 4 members (excludes halogenated alkanes) is 28. The second-order valence-electron chi connectivity index (χ2n) is 21.4. The van der Waals surface area contributed by atoms with Crippen molar-refractivity contribution in [1.29, 1.82) is 0 Å². The van der Waals surface area contributed by atoms with Gasteiger partial charge in [0.1, 0.15) is 24.4 Å². The minimum atomic E-state index is -1.62. The van der Waals surface area contributed by atoms with Crippen LogP contribution in [0, 0.1) is 0 Å². The van der Waals surface area contributed by atoms with Gasteiger partial charge in [0.15, 0.2) is 12.4 Å². The van der Waals surface area contributed by atoms with Gasteiger partial charge in [0.05, 0.1) is 25.4 Å². The molecule has 1 aliphatic heterocycles. The summed E-state index contributed by atoms with van der Waals surface area (Å²) in [6.07, 6.45) is 56.7. The molecule has 0 radical (unpaired) electrons. The molecule has 11 heteroatoms. The molecule has 1 aliphatic rings. The molecule has 8 atom stereocenters. The first-order valence-corrected chi connectivity index (χ1v) is 31.2. The zero-order valence-electron chi connectivity index (χ0n) is 48.6. The standard InChI is InChI=1S/C65H115NO10/c1-4-7-10-13-16-19-22-24-25-26-27-28-29-30-31-32-33-35-38-41-44-47-50-53-60(70)76-63-62(72)61(71)59(54-67)75-65(63)74-55-56(57(68)51-48-45-42-39-36-21-18-15-12-9-6-3)66-64(73)58(69)52-49-46-43-40-37-34-23-20-17-14-11-8-5-2/h8,11,16-17,19-20,24-25,34,37,48,51,56-59,61-63,65,67-69,71-72H,4-7,9-10,12-15,18,21-23,26-33,35-36,38-47,49-50,52-55H2,1-3H3,(H,66,73)/b11-8+,19-16-,20-17+,25-24-,37-34+,51-48+. The highest BCUT2D eigenvalue weighted by molar-refractivity contribution is 5.80. The van der Waals surface area contributed by atoms with Crippen LogP contribution in [0.5, 0.6) is 0 Å². The number of amides is 1. The molecule has 0 spiro atoms. The lowest BCUT2D eigenvalue weighted by atomic mass is 9.99. The molecule has 1 amide bonds. The Morgan fingerprint density at radius 1 is 0.526 bits per heavy atom. The van der Waals surface area contributed by atoms with Gasteiger partial charge in [0.25, 0.3) is 0 Å². The lowest BCUT2D eigenvalue weighted by Crippen LogP contribution is -2.61. The van der Waals surface area contributed by atoms with E-state index >= 15 is 0 Å². The SMILES string of the molecule is CC/C=C/C/C=C/C/C=C/CCCCCC(O)C(=O)NC(COC1OC(CO)C(O)C(O)C1OC(=O)CCCCCCCCCCCCCCC/C=C\C/C=C\CCCCC)C(O)/C=C/CCCCCCCCCCC. The number of esters is 1. The lowest BCUT2D eigenvalue weighted by Gasteiger charge is -2.41. The van der Waals surface area contributed by atoms with Crippen LogP contribution in [0.25, 0.3) is 0 Å². The van der Waals surface area contributed by atoms with E-state index in [0.29, 0.717) is 12.8 Å². The van der Waals surface area contributed by atoms with E-state index in [1.807, 2.05) is 6.08 Å². The zero-order chi connectivity index (χ0) is 55.4. The van der Waals surface area contributed by atoms with E-state index in [0.717, 1.165) is 83.5 Å². The lowest BCUT2D eigenvalue weighted by molar-refractivity contribution is -0.305. The van der Waals surface area contributed by atoms with Crippen molar-refractivity contribution in [2.75, 3.05) is 13.2 Å². The van der Waals surface area contributed by atoms with Gasteiger partial charge in [-0.15, -0.1) is 0 Å². The molecule has 0 aromatic carbocycles. The van der Waals surface area contributed by atoms with Crippen LogP contribution in [-0.4, -0.2) is 99.6 Å². The highest BCUT2D eigenvalue weighted by atomic mass is 16.7. The Bertz CT molecular complexity index is 1510. The number of nitrogens with one attached hydrogen (secondary N) is 1. The summed E-state index contributed by atoms with van der Waals surface area (Å²) in [6.45, 7) is 5.63. The maximum atomic E-state index is 13.4. The molecule has 8 unspecified atom stereocenters. The summed E-state index contributed by atoms with van der Waals surface area (Å²) < 4.78 is 17.6. The van der Waals surface area contributed by atoms with E-state index in [9.17, 15) is 35.1 Å². The van der Waals surface area contributed by atoms with E-state index in [-0.39, 0.29) is 19.4 Å². The molecular weight excluding hydrogens is 955 g/mol. The number of hydrogen-bond donors (Lipinski definition) is 6. The quantitative estimate of drug-likeness (QED) is 0.0195. The molecule has 0 aromatic rings. The fourth-order valence-electron chi connectivity index (χ4n) is 9.40. The van der Waals surface area contributed by atoms with E-state index in [1.54, 1.807) is 6.08 Å². The number of aliphatic hydroxyl groups excluding tert-OH is 5. The number of allylic oxidation sites excluding steroid dienone is 11. The van der Waals surface area contributed by atoms with Crippen LogP contribution in [0.2, 0.25) is 0 Å². The Hall–Kier alpha value is -2.90. The van der Waals surface area contributed by atoms with E-state index in [4.69, 9.17) is 14.2 Å². The fraction of sp³-hybridized carbons (Fsp3) is 0.785. The maximum absolute atomic E-state index is 13.4. The van der Waals surface area contributed by atoms with Crippen LogP contribution in [0.1, 0.15) is 265 Å². The average Bonchev–Trinajstić information content (AvgIpc) is 3.42. The molecule has 76 heavy (non-hydrogen) atoms. The third-order valence-electron chi connectivity index (χ3n) is 14.3. The van der Waals surface area contributed by atoms with Crippen molar-refractivity contribution in [1.82, 2.24) is 5.32 Å². The predicted octanol–water partition coefficient (Wildman–Crippen LogP) is 14.8. The number of hydrogen-bond acceptors (Lipinski definition) is 10. The van der Waals surface area contributed by atoms with Gasteiger partial charge in [0, 0.05) is 6.42 Å². The molecule has 11 nitrogen and oxygen atoms in total. The molecule has 0 aliphatic carbocycles. The van der Waals surface area contributed by atoms with E-state index < -0.39 is 67.4 Å². The molecule has 440 valence electrons. The van der Waals surface area contributed by atoms with Crippen LogP contribution in [0.4, 0.5) is 0 Å². The predicted molar refractivity (Wildman–Crippen MR) is 315 cm³/mol. The number of carbonyl (C=O) groups is 2. The summed E-state index contributed by atoms with van der Waals surface area (Å²) in [6, 6.07) is -1.04. The molecule has 0 saturated carbocycles. The van der Waals surface area contributed by atoms with Crippen molar-refractivity contribution >= 4 is 11.9 Å².